The average Bonchev–Trinajstić information content (AvgIpc) is 2.37. The first-order chi connectivity index (χ1) is 8.57. The van der Waals surface area contributed by atoms with Gasteiger partial charge in [0.2, 0.25) is 5.91 Å². The molecular weight excluding hydrogens is 244 g/mol. The zero-order valence-electron chi connectivity index (χ0n) is 12.1. The Morgan fingerprint density at radius 3 is 2.72 bits per heavy atom. The van der Waals surface area contributed by atoms with Gasteiger partial charge in [0.15, 0.2) is 0 Å². The Morgan fingerprint density at radius 2 is 2.11 bits per heavy atom. The first-order valence-electron chi connectivity index (χ1n) is 7.17. The number of thioether (sulfide) groups is 1. The molecule has 0 spiro atoms. The number of amides is 1. The van der Waals surface area contributed by atoms with Crippen LogP contribution in [0.3, 0.4) is 0 Å². The second-order valence-corrected chi connectivity index (χ2v) is 7.09. The zero-order chi connectivity index (χ0) is 13.4. The summed E-state index contributed by atoms with van der Waals surface area (Å²) in [4.78, 5) is 12.0. The Balaban J connectivity index is 2.22. The van der Waals surface area contributed by atoms with E-state index in [0.29, 0.717) is 0 Å². The molecule has 2 N–H and O–H groups in total. The minimum absolute atomic E-state index is 0.0851. The first-order valence-corrected chi connectivity index (χ1v) is 8.22. The van der Waals surface area contributed by atoms with E-state index in [1.807, 2.05) is 6.92 Å². The highest BCUT2D eigenvalue weighted by Gasteiger charge is 2.27. The minimum Gasteiger partial charge on any atom is -0.355 e. The van der Waals surface area contributed by atoms with Crippen LogP contribution in [-0.4, -0.2) is 36.5 Å². The summed E-state index contributed by atoms with van der Waals surface area (Å²) in [6.45, 7) is 9.46. The van der Waals surface area contributed by atoms with E-state index in [4.69, 9.17) is 0 Å². The Labute approximate surface area is 116 Å². The number of hydrogen-bond donors (Lipinski definition) is 2. The van der Waals surface area contributed by atoms with Crippen LogP contribution in [0, 0.1) is 5.41 Å². The van der Waals surface area contributed by atoms with Gasteiger partial charge in [-0.1, -0.05) is 20.3 Å². The summed E-state index contributed by atoms with van der Waals surface area (Å²) in [5, 5.41) is 6.58. The zero-order valence-corrected chi connectivity index (χ0v) is 12.9. The molecule has 18 heavy (non-hydrogen) atoms. The van der Waals surface area contributed by atoms with Gasteiger partial charge in [0, 0.05) is 6.54 Å². The fraction of sp³-hybridized carbons (Fsp3) is 0.929. The van der Waals surface area contributed by atoms with Crippen molar-refractivity contribution in [2.45, 2.75) is 51.7 Å². The standard InChI is InChI=1S/C14H28N2OS/c1-4-5-10-18-12(2)13(17)16-11-14(3)6-8-15-9-7-14/h12,15H,4-11H2,1-3H3,(H,16,17). The van der Waals surface area contributed by atoms with Gasteiger partial charge in [-0.15, -0.1) is 11.8 Å². The summed E-state index contributed by atoms with van der Waals surface area (Å²) in [7, 11) is 0. The summed E-state index contributed by atoms with van der Waals surface area (Å²) in [6.07, 6.45) is 4.72. The molecule has 1 unspecified atom stereocenters. The van der Waals surface area contributed by atoms with Crippen LogP contribution >= 0.6 is 11.8 Å². The maximum Gasteiger partial charge on any atom is 0.232 e. The molecule has 3 nitrogen and oxygen atoms in total. The predicted molar refractivity (Wildman–Crippen MR) is 80.0 cm³/mol. The second kappa shape index (κ2) is 8.05. The molecule has 1 fully saturated rings. The fourth-order valence-electron chi connectivity index (χ4n) is 2.13. The van der Waals surface area contributed by atoms with Crippen LogP contribution < -0.4 is 10.6 Å². The van der Waals surface area contributed by atoms with Gasteiger partial charge in [-0.05, 0) is 50.4 Å². The summed E-state index contributed by atoms with van der Waals surface area (Å²) < 4.78 is 0. The topological polar surface area (TPSA) is 41.1 Å². The lowest BCUT2D eigenvalue weighted by Gasteiger charge is -2.34. The molecule has 0 aromatic rings. The van der Waals surface area contributed by atoms with Gasteiger partial charge in [-0.3, -0.25) is 4.79 Å². The summed E-state index contributed by atoms with van der Waals surface area (Å²) in [5.41, 5.74) is 0.286. The van der Waals surface area contributed by atoms with E-state index in [2.05, 4.69) is 24.5 Å². The van der Waals surface area contributed by atoms with Crippen molar-refractivity contribution in [2.24, 2.45) is 5.41 Å². The molecule has 0 aliphatic carbocycles. The van der Waals surface area contributed by atoms with E-state index in [1.54, 1.807) is 11.8 Å². The van der Waals surface area contributed by atoms with E-state index in [-0.39, 0.29) is 16.6 Å². The number of hydrogen-bond acceptors (Lipinski definition) is 3. The largest absolute Gasteiger partial charge is 0.355 e. The van der Waals surface area contributed by atoms with E-state index in [9.17, 15) is 4.79 Å². The Bertz CT molecular complexity index is 252. The number of nitrogens with one attached hydrogen (secondary N) is 2. The van der Waals surface area contributed by atoms with Crippen LogP contribution in [-0.2, 0) is 4.79 Å². The third-order valence-electron chi connectivity index (χ3n) is 3.74. The highest BCUT2D eigenvalue weighted by atomic mass is 32.2. The molecule has 0 bridgehead atoms. The van der Waals surface area contributed by atoms with E-state index < -0.39 is 0 Å². The molecule has 0 radical (unpaired) electrons. The number of unbranched alkanes of at least 4 members (excludes halogenated alkanes) is 1. The second-order valence-electron chi connectivity index (χ2n) is 5.65. The third-order valence-corrected chi connectivity index (χ3v) is 4.97. The van der Waals surface area contributed by atoms with Crippen molar-refractivity contribution in [1.29, 1.82) is 0 Å². The van der Waals surface area contributed by atoms with E-state index in [1.165, 1.54) is 12.8 Å². The van der Waals surface area contributed by atoms with Crippen molar-refractivity contribution < 1.29 is 4.79 Å². The maximum absolute atomic E-state index is 12.0. The SMILES string of the molecule is CCCCSC(C)C(=O)NCC1(C)CCNCC1. The summed E-state index contributed by atoms with van der Waals surface area (Å²) in [5.74, 6) is 1.29. The van der Waals surface area contributed by atoms with Gasteiger partial charge in [-0.25, -0.2) is 0 Å². The van der Waals surface area contributed by atoms with Crippen molar-refractivity contribution >= 4 is 17.7 Å². The van der Waals surface area contributed by atoms with Crippen molar-refractivity contribution in [1.82, 2.24) is 10.6 Å². The van der Waals surface area contributed by atoms with Crippen LogP contribution in [0.15, 0.2) is 0 Å². The van der Waals surface area contributed by atoms with Crippen LogP contribution in [0.5, 0.6) is 0 Å². The molecule has 106 valence electrons. The maximum atomic E-state index is 12.0. The predicted octanol–water partition coefficient (Wildman–Crippen LogP) is 2.41. The molecule has 1 heterocycles. The van der Waals surface area contributed by atoms with Crippen molar-refractivity contribution in [3.63, 3.8) is 0 Å². The van der Waals surface area contributed by atoms with Gasteiger partial charge >= 0.3 is 0 Å². The molecule has 1 amide bonds. The lowest BCUT2D eigenvalue weighted by molar-refractivity contribution is -0.120. The lowest BCUT2D eigenvalue weighted by Crippen LogP contribution is -2.44. The molecule has 1 rings (SSSR count). The van der Waals surface area contributed by atoms with Crippen LogP contribution in [0.2, 0.25) is 0 Å². The molecule has 4 heteroatoms. The van der Waals surface area contributed by atoms with Gasteiger partial charge < -0.3 is 10.6 Å². The van der Waals surface area contributed by atoms with Crippen LogP contribution in [0.25, 0.3) is 0 Å². The molecular formula is C14H28N2OS. The van der Waals surface area contributed by atoms with Crippen molar-refractivity contribution in [3.05, 3.63) is 0 Å². The fourth-order valence-corrected chi connectivity index (χ4v) is 3.18. The highest BCUT2D eigenvalue weighted by Crippen LogP contribution is 2.26. The summed E-state index contributed by atoms with van der Waals surface area (Å²) in [6, 6.07) is 0. The number of rotatable bonds is 7. The Hall–Kier alpha value is -0.220. The monoisotopic (exact) mass is 272 g/mol. The lowest BCUT2D eigenvalue weighted by atomic mass is 9.81. The smallest absolute Gasteiger partial charge is 0.232 e. The van der Waals surface area contributed by atoms with Crippen LogP contribution in [0.1, 0.15) is 46.5 Å². The summed E-state index contributed by atoms with van der Waals surface area (Å²) >= 11 is 1.77. The van der Waals surface area contributed by atoms with Gasteiger partial charge in [0.25, 0.3) is 0 Å². The van der Waals surface area contributed by atoms with Crippen LogP contribution in [0.4, 0.5) is 0 Å². The molecule has 0 aromatic heterocycles. The highest BCUT2D eigenvalue weighted by molar-refractivity contribution is 8.00. The van der Waals surface area contributed by atoms with E-state index >= 15 is 0 Å². The number of carbonyl (C=O) groups excluding carboxylic acids is 1. The quantitative estimate of drug-likeness (QED) is 0.699. The molecule has 1 atom stereocenters. The normalized spacial score (nSPS) is 20.4. The molecule has 1 aliphatic rings. The van der Waals surface area contributed by atoms with E-state index in [0.717, 1.165) is 38.2 Å². The van der Waals surface area contributed by atoms with Crippen molar-refractivity contribution in [3.8, 4) is 0 Å². The molecule has 1 saturated heterocycles. The number of carbonyl (C=O) groups is 1. The minimum atomic E-state index is 0.0851. The van der Waals surface area contributed by atoms with Gasteiger partial charge in [0.1, 0.15) is 0 Å². The first kappa shape index (κ1) is 15.8. The Morgan fingerprint density at radius 1 is 1.44 bits per heavy atom. The van der Waals surface area contributed by atoms with Gasteiger partial charge in [-0.2, -0.15) is 0 Å². The third kappa shape index (κ3) is 5.61. The molecule has 0 aromatic carbocycles. The Kier molecular flexibility index (Phi) is 7.08. The number of piperidine rings is 1. The molecule has 1 aliphatic heterocycles. The van der Waals surface area contributed by atoms with Crippen molar-refractivity contribution in [2.75, 3.05) is 25.4 Å². The average molecular weight is 272 g/mol. The van der Waals surface area contributed by atoms with Gasteiger partial charge in [0.05, 0.1) is 5.25 Å². The molecule has 0 saturated carbocycles.